The SMILES string of the molecule is N#Cc1ccccc1COC(=O)CCNS(=O)(=O)c1ccc2c(c1)OCCCO2. The Hall–Kier alpha value is -3.09. The van der Waals surface area contributed by atoms with Gasteiger partial charge < -0.3 is 14.2 Å². The van der Waals surface area contributed by atoms with E-state index >= 15 is 0 Å². The van der Waals surface area contributed by atoms with Crippen LogP contribution in [0.2, 0.25) is 0 Å². The summed E-state index contributed by atoms with van der Waals surface area (Å²) in [5.74, 6) is 0.308. The maximum absolute atomic E-state index is 12.5. The molecule has 1 aliphatic rings. The lowest BCUT2D eigenvalue weighted by molar-refractivity contribution is -0.144. The predicted molar refractivity (Wildman–Crippen MR) is 103 cm³/mol. The van der Waals surface area contributed by atoms with E-state index < -0.39 is 16.0 Å². The Morgan fingerprint density at radius 3 is 2.69 bits per heavy atom. The van der Waals surface area contributed by atoms with Crippen molar-refractivity contribution in [3.63, 3.8) is 0 Å². The van der Waals surface area contributed by atoms with Crippen molar-refractivity contribution >= 4 is 16.0 Å². The van der Waals surface area contributed by atoms with E-state index in [0.717, 1.165) is 6.42 Å². The van der Waals surface area contributed by atoms with Crippen molar-refractivity contribution < 1.29 is 27.4 Å². The first-order valence-electron chi connectivity index (χ1n) is 9.02. The number of carbonyl (C=O) groups excluding carboxylic acids is 1. The van der Waals surface area contributed by atoms with Gasteiger partial charge in [-0.2, -0.15) is 5.26 Å². The molecular formula is C20H20N2O6S. The number of nitrogens with one attached hydrogen (secondary N) is 1. The Balaban J connectivity index is 1.52. The summed E-state index contributed by atoms with van der Waals surface area (Å²) in [4.78, 5) is 11.9. The van der Waals surface area contributed by atoms with Crippen LogP contribution >= 0.6 is 0 Å². The van der Waals surface area contributed by atoms with Gasteiger partial charge in [-0.05, 0) is 18.2 Å². The zero-order chi connectivity index (χ0) is 20.7. The molecule has 1 aliphatic heterocycles. The Morgan fingerprint density at radius 1 is 1.14 bits per heavy atom. The second kappa shape index (κ2) is 9.41. The second-order valence-electron chi connectivity index (χ2n) is 6.24. The number of rotatable bonds is 7. The van der Waals surface area contributed by atoms with Crippen molar-refractivity contribution in [2.75, 3.05) is 19.8 Å². The molecule has 3 rings (SSSR count). The highest BCUT2D eigenvalue weighted by atomic mass is 32.2. The molecule has 9 heteroatoms. The van der Waals surface area contributed by atoms with Crippen LogP contribution < -0.4 is 14.2 Å². The fourth-order valence-electron chi connectivity index (χ4n) is 2.67. The first-order valence-corrected chi connectivity index (χ1v) is 10.5. The van der Waals surface area contributed by atoms with Gasteiger partial charge in [0.25, 0.3) is 0 Å². The first kappa shape index (κ1) is 20.6. The highest BCUT2D eigenvalue weighted by Crippen LogP contribution is 2.31. The molecule has 0 aromatic heterocycles. The van der Waals surface area contributed by atoms with Gasteiger partial charge in [-0.15, -0.1) is 0 Å². The van der Waals surface area contributed by atoms with Crippen molar-refractivity contribution in [1.29, 1.82) is 5.26 Å². The zero-order valence-corrected chi connectivity index (χ0v) is 16.4. The molecular weight excluding hydrogens is 396 g/mol. The highest BCUT2D eigenvalue weighted by molar-refractivity contribution is 7.89. The monoisotopic (exact) mass is 416 g/mol. The summed E-state index contributed by atoms with van der Waals surface area (Å²) in [7, 11) is -3.82. The van der Waals surface area contributed by atoms with E-state index in [9.17, 15) is 13.2 Å². The molecule has 1 heterocycles. The lowest BCUT2D eigenvalue weighted by Crippen LogP contribution is -2.26. The summed E-state index contributed by atoms with van der Waals surface area (Å²) < 4.78 is 43.4. The van der Waals surface area contributed by atoms with Gasteiger partial charge in [0.2, 0.25) is 10.0 Å². The number of carbonyl (C=O) groups is 1. The zero-order valence-electron chi connectivity index (χ0n) is 15.6. The number of nitrogens with zero attached hydrogens (tertiary/aromatic N) is 1. The number of esters is 1. The van der Waals surface area contributed by atoms with Crippen molar-refractivity contribution in [3.8, 4) is 17.6 Å². The maximum Gasteiger partial charge on any atom is 0.307 e. The van der Waals surface area contributed by atoms with Crippen LogP contribution in [0.25, 0.3) is 0 Å². The summed E-state index contributed by atoms with van der Waals surface area (Å²) >= 11 is 0. The molecule has 0 spiro atoms. The van der Waals surface area contributed by atoms with Crippen molar-refractivity contribution in [1.82, 2.24) is 4.72 Å². The molecule has 0 saturated carbocycles. The molecule has 1 N–H and O–H groups in total. The normalized spacial score (nSPS) is 13.2. The number of sulfonamides is 1. The number of benzene rings is 2. The number of hydrogen-bond acceptors (Lipinski definition) is 7. The highest BCUT2D eigenvalue weighted by Gasteiger charge is 2.19. The van der Waals surface area contributed by atoms with Crippen molar-refractivity contribution in [2.24, 2.45) is 0 Å². The van der Waals surface area contributed by atoms with Gasteiger partial charge in [-0.3, -0.25) is 4.79 Å². The van der Waals surface area contributed by atoms with Gasteiger partial charge in [-0.25, -0.2) is 13.1 Å². The largest absolute Gasteiger partial charge is 0.490 e. The van der Waals surface area contributed by atoms with Crippen molar-refractivity contribution in [3.05, 3.63) is 53.6 Å². The molecule has 0 saturated heterocycles. The van der Waals surface area contributed by atoms with E-state index in [1.165, 1.54) is 12.1 Å². The number of fused-ring (bicyclic) bond motifs is 1. The van der Waals surface area contributed by atoms with E-state index in [-0.39, 0.29) is 24.5 Å². The van der Waals surface area contributed by atoms with Gasteiger partial charge in [-0.1, -0.05) is 18.2 Å². The number of hydrogen-bond donors (Lipinski definition) is 1. The molecule has 0 aliphatic carbocycles. The lowest BCUT2D eigenvalue weighted by atomic mass is 10.1. The Labute approximate surface area is 169 Å². The minimum atomic E-state index is -3.82. The van der Waals surface area contributed by atoms with E-state index in [1.54, 1.807) is 30.3 Å². The third kappa shape index (κ3) is 5.47. The average Bonchev–Trinajstić information content (AvgIpc) is 2.97. The van der Waals surface area contributed by atoms with E-state index in [2.05, 4.69) is 4.72 Å². The van der Waals surface area contributed by atoms with Crippen molar-refractivity contribution in [2.45, 2.75) is 24.3 Å². The quantitative estimate of drug-likeness (QED) is 0.688. The second-order valence-corrected chi connectivity index (χ2v) is 8.00. The topological polar surface area (TPSA) is 115 Å². The Kier molecular flexibility index (Phi) is 6.69. The van der Waals surface area contributed by atoms with Crippen LogP contribution in [-0.2, 0) is 26.2 Å². The van der Waals surface area contributed by atoms with Crippen LogP contribution in [0.1, 0.15) is 24.0 Å². The van der Waals surface area contributed by atoms with Gasteiger partial charge >= 0.3 is 5.97 Å². The van der Waals surface area contributed by atoms with Crippen LogP contribution in [0.15, 0.2) is 47.4 Å². The fraction of sp³-hybridized carbons (Fsp3) is 0.300. The molecule has 8 nitrogen and oxygen atoms in total. The molecule has 0 fully saturated rings. The van der Waals surface area contributed by atoms with Crippen LogP contribution in [0, 0.1) is 11.3 Å². The van der Waals surface area contributed by atoms with Gasteiger partial charge in [0.15, 0.2) is 11.5 Å². The summed E-state index contributed by atoms with van der Waals surface area (Å²) in [5, 5.41) is 9.03. The standard InChI is InChI=1S/C20H20N2O6S/c21-13-15-4-1-2-5-16(15)14-28-20(23)8-9-22-29(24,25)17-6-7-18-19(12-17)27-11-3-10-26-18/h1-2,4-7,12,22H,3,8-11,14H2. The summed E-state index contributed by atoms with van der Waals surface area (Å²) in [6, 6.07) is 13.2. The molecule has 0 amide bonds. The third-order valence-electron chi connectivity index (χ3n) is 4.18. The minimum absolute atomic E-state index is 0.0260. The van der Waals surface area contributed by atoms with Crippen LogP contribution in [-0.4, -0.2) is 34.1 Å². The molecule has 0 unspecified atom stereocenters. The lowest BCUT2D eigenvalue weighted by Gasteiger charge is -2.11. The summed E-state index contributed by atoms with van der Waals surface area (Å²) in [5.41, 5.74) is 1.02. The van der Waals surface area contributed by atoms with Crippen LogP contribution in [0.3, 0.4) is 0 Å². The number of ether oxygens (including phenoxy) is 3. The smallest absolute Gasteiger partial charge is 0.307 e. The molecule has 2 aromatic carbocycles. The predicted octanol–water partition coefficient (Wildman–Crippen LogP) is 2.13. The van der Waals surface area contributed by atoms with E-state index in [1.807, 2.05) is 6.07 Å². The molecule has 0 radical (unpaired) electrons. The van der Waals surface area contributed by atoms with E-state index in [4.69, 9.17) is 19.5 Å². The summed E-state index contributed by atoms with van der Waals surface area (Å²) in [6.45, 7) is 0.802. The first-order chi connectivity index (χ1) is 14.0. The van der Waals surface area contributed by atoms with Gasteiger partial charge in [0.1, 0.15) is 6.61 Å². The molecule has 0 atom stereocenters. The number of nitriles is 1. The van der Waals surface area contributed by atoms with Gasteiger partial charge in [0.05, 0.1) is 36.2 Å². The fourth-order valence-corrected chi connectivity index (χ4v) is 3.71. The van der Waals surface area contributed by atoms with Crippen LogP contribution in [0.5, 0.6) is 11.5 Å². The third-order valence-corrected chi connectivity index (χ3v) is 5.64. The maximum atomic E-state index is 12.5. The molecule has 152 valence electrons. The average molecular weight is 416 g/mol. The van der Waals surface area contributed by atoms with Crippen LogP contribution in [0.4, 0.5) is 0 Å². The molecule has 0 bridgehead atoms. The van der Waals surface area contributed by atoms with Gasteiger partial charge in [0, 0.05) is 24.6 Å². The van der Waals surface area contributed by atoms with E-state index in [0.29, 0.717) is 35.8 Å². The molecule has 29 heavy (non-hydrogen) atoms. The Morgan fingerprint density at radius 2 is 1.90 bits per heavy atom. The Bertz CT molecular complexity index is 1030. The minimum Gasteiger partial charge on any atom is -0.490 e. The molecule has 2 aromatic rings. The summed E-state index contributed by atoms with van der Waals surface area (Å²) in [6.07, 6.45) is 0.578.